The van der Waals surface area contributed by atoms with E-state index in [1.54, 1.807) is 13.8 Å². The molecule has 0 bridgehead atoms. The van der Waals surface area contributed by atoms with Crippen LogP contribution in [0.4, 0.5) is 5.69 Å². The zero-order chi connectivity index (χ0) is 16.6. The van der Waals surface area contributed by atoms with Crippen LogP contribution in [0.3, 0.4) is 0 Å². The van der Waals surface area contributed by atoms with Crippen LogP contribution in [0.2, 0.25) is 0 Å². The summed E-state index contributed by atoms with van der Waals surface area (Å²) < 4.78 is 6.73. The Morgan fingerprint density at radius 3 is 2.52 bits per heavy atom. The van der Waals surface area contributed by atoms with Gasteiger partial charge in [0.25, 0.3) is 0 Å². The Morgan fingerprint density at radius 2 is 1.91 bits per heavy atom. The Hall–Kier alpha value is -3.03. The van der Waals surface area contributed by atoms with Gasteiger partial charge >= 0.3 is 5.69 Å². The molecule has 0 aliphatic rings. The first-order chi connectivity index (χ1) is 11.0. The first-order valence-electron chi connectivity index (χ1n) is 7.03. The molecule has 0 amide bonds. The first-order valence-corrected chi connectivity index (χ1v) is 7.03. The molecule has 2 heterocycles. The molecule has 0 radical (unpaired) electrons. The van der Waals surface area contributed by atoms with Gasteiger partial charge in [-0.1, -0.05) is 35.0 Å². The molecule has 0 spiro atoms. The van der Waals surface area contributed by atoms with Gasteiger partial charge < -0.3 is 4.52 Å². The Labute approximate surface area is 131 Å². The lowest BCUT2D eigenvalue weighted by Crippen LogP contribution is -2.04. The number of rotatable bonds is 4. The van der Waals surface area contributed by atoms with Crippen LogP contribution in [0.25, 0.3) is 11.4 Å². The number of hydrogen-bond acceptors (Lipinski definition) is 6. The Kier molecular flexibility index (Phi) is 3.65. The van der Waals surface area contributed by atoms with Crippen LogP contribution in [0.15, 0.2) is 28.8 Å². The second-order valence-electron chi connectivity index (χ2n) is 5.31. The van der Waals surface area contributed by atoms with Crippen molar-refractivity contribution in [1.29, 1.82) is 0 Å². The molecule has 0 aliphatic carbocycles. The number of nitrogens with zero attached hydrogens (tertiary/aromatic N) is 5. The molecular weight excluding hydrogens is 298 g/mol. The van der Waals surface area contributed by atoms with Gasteiger partial charge in [0.15, 0.2) is 0 Å². The van der Waals surface area contributed by atoms with Gasteiger partial charge in [-0.05, 0) is 20.8 Å². The van der Waals surface area contributed by atoms with Gasteiger partial charge in [0.2, 0.25) is 11.7 Å². The van der Waals surface area contributed by atoms with E-state index in [0.717, 1.165) is 11.1 Å². The Morgan fingerprint density at radius 1 is 1.22 bits per heavy atom. The fourth-order valence-electron chi connectivity index (χ4n) is 2.37. The van der Waals surface area contributed by atoms with E-state index < -0.39 is 4.92 Å². The van der Waals surface area contributed by atoms with Crippen molar-refractivity contribution >= 4 is 5.69 Å². The highest BCUT2D eigenvalue weighted by atomic mass is 16.6. The van der Waals surface area contributed by atoms with Gasteiger partial charge in [0.05, 0.1) is 4.92 Å². The summed E-state index contributed by atoms with van der Waals surface area (Å²) in [7, 11) is 0. The maximum absolute atomic E-state index is 11.0. The monoisotopic (exact) mass is 313 g/mol. The van der Waals surface area contributed by atoms with Crippen molar-refractivity contribution in [3.63, 3.8) is 0 Å². The van der Waals surface area contributed by atoms with Crippen molar-refractivity contribution in [2.75, 3.05) is 0 Å². The van der Waals surface area contributed by atoms with Crippen molar-refractivity contribution in [2.45, 2.75) is 27.3 Å². The topological polar surface area (TPSA) is 99.9 Å². The summed E-state index contributed by atoms with van der Waals surface area (Å²) >= 11 is 0. The third-order valence-corrected chi connectivity index (χ3v) is 3.59. The van der Waals surface area contributed by atoms with E-state index in [-0.39, 0.29) is 12.2 Å². The fraction of sp³-hybridized carbons (Fsp3) is 0.267. The van der Waals surface area contributed by atoms with Gasteiger partial charge in [-0.3, -0.25) is 14.8 Å². The summed E-state index contributed by atoms with van der Waals surface area (Å²) in [6.45, 7) is 5.45. The van der Waals surface area contributed by atoms with E-state index in [9.17, 15) is 10.1 Å². The van der Waals surface area contributed by atoms with Crippen LogP contribution in [0, 0.1) is 30.9 Å². The summed E-state index contributed by atoms with van der Waals surface area (Å²) in [5.41, 5.74) is 2.84. The van der Waals surface area contributed by atoms with E-state index >= 15 is 0 Å². The van der Waals surface area contributed by atoms with Gasteiger partial charge in [-0.15, -0.1) is 0 Å². The molecule has 0 fully saturated rings. The minimum atomic E-state index is -0.431. The molecule has 0 unspecified atom stereocenters. The van der Waals surface area contributed by atoms with Crippen LogP contribution in [-0.2, 0) is 6.54 Å². The molecule has 0 saturated carbocycles. The van der Waals surface area contributed by atoms with Gasteiger partial charge in [0, 0.05) is 5.56 Å². The van der Waals surface area contributed by atoms with Crippen LogP contribution in [0.5, 0.6) is 0 Å². The minimum Gasteiger partial charge on any atom is -0.337 e. The maximum atomic E-state index is 11.0. The fourth-order valence-corrected chi connectivity index (χ4v) is 2.37. The van der Waals surface area contributed by atoms with Crippen molar-refractivity contribution in [3.8, 4) is 11.4 Å². The van der Waals surface area contributed by atoms with E-state index in [1.807, 2.05) is 31.2 Å². The quantitative estimate of drug-likeness (QED) is 0.542. The summed E-state index contributed by atoms with van der Waals surface area (Å²) in [4.78, 5) is 14.9. The Balaban J connectivity index is 1.86. The molecule has 0 saturated heterocycles. The molecule has 8 nitrogen and oxygen atoms in total. The first kappa shape index (κ1) is 14.9. The molecule has 0 atom stereocenters. The van der Waals surface area contributed by atoms with Crippen molar-refractivity contribution < 1.29 is 9.45 Å². The van der Waals surface area contributed by atoms with Gasteiger partial charge in [0.1, 0.15) is 17.9 Å². The SMILES string of the molecule is Cc1ccc(-c2noc(Cn3nc(C)c([N+](=O)[O-])c3C)n2)cc1. The van der Waals surface area contributed by atoms with Gasteiger partial charge in [-0.2, -0.15) is 10.1 Å². The second kappa shape index (κ2) is 5.64. The highest BCUT2D eigenvalue weighted by Gasteiger charge is 2.22. The lowest BCUT2D eigenvalue weighted by atomic mass is 10.1. The lowest BCUT2D eigenvalue weighted by molar-refractivity contribution is -0.386. The number of hydrogen-bond donors (Lipinski definition) is 0. The number of aryl methyl sites for hydroxylation is 2. The normalized spacial score (nSPS) is 10.9. The molecule has 23 heavy (non-hydrogen) atoms. The third kappa shape index (κ3) is 2.83. The van der Waals surface area contributed by atoms with Crippen molar-refractivity contribution in [1.82, 2.24) is 19.9 Å². The molecule has 118 valence electrons. The molecule has 0 N–H and O–H groups in total. The summed E-state index contributed by atoms with van der Waals surface area (Å²) in [5, 5.41) is 19.1. The van der Waals surface area contributed by atoms with Crippen molar-refractivity contribution in [3.05, 3.63) is 57.2 Å². The number of aromatic nitrogens is 4. The van der Waals surface area contributed by atoms with Crippen molar-refractivity contribution in [2.24, 2.45) is 0 Å². The van der Waals surface area contributed by atoms with Crippen LogP contribution in [-0.4, -0.2) is 24.8 Å². The van der Waals surface area contributed by atoms with E-state index in [2.05, 4.69) is 15.2 Å². The molecule has 3 rings (SSSR count). The smallest absolute Gasteiger partial charge is 0.312 e. The molecule has 3 aromatic rings. The largest absolute Gasteiger partial charge is 0.337 e. The van der Waals surface area contributed by atoms with Crippen LogP contribution < -0.4 is 0 Å². The molecule has 8 heteroatoms. The van der Waals surface area contributed by atoms with E-state index in [4.69, 9.17) is 4.52 Å². The number of nitro groups is 1. The van der Waals surface area contributed by atoms with Gasteiger partial charge in [-0.25, -0.2) is 0 Å². The molecule has 1 aromatic carbocycles. The second-order valence-corrected chi connectivity index (χ2v) is 5.31. The third-order valence-electron chi connectivity index (χ3n) is 3.59. The predicted octanol–water partition coefficient (Wildman–Crippen LogP) is 2.81. The average Bonchev–Trinajstić information content (AvgIpc) is 3.05. The van der Waals surface area contributed by atoms with Crippen LogP contribution in [0.1, 0.15) is 22.8 Å². The Bertz CT molecular complexity index is 864. The highest BCUT2D eigenvalue weighted by Crippen LogP contribution is 2.23. The summed E-state index contributed by atoms with van der Waals surface area (Å²) in [5.74, 6) is 0.831. The highest BCUT2D eigenvalue weighted by molar-refractivity contribution is 5.54. The molecular formula is C15H15N5O3. The lowest BCUT2D eigenvalue weighted by Gasteiger charge is -1.98. The number of benzene rings is 1. The molecule has 0 aliphatic heterocycles. The van der Waals surface area contributed by atoms with Crippen LogP contribution >= 0.6 is 0 Å². The minimum absolute atomic E-state index is 0.0169. The zero-order valence-electron chi connectivity index (χ0n) is 13.0. The standard InChI is InChI=1S/C15H15N5O3/c1-9-4-6-12(7-5-9)15-16-13(23-18-15)8-19-11(3)14(20(21)22)10(2)17-19/h4-7H,8H2,1-3H3. The average molecular weight is 313 g/mol. The summed E-state index contributed by atoms with van der Waals surface area (Å²) in [6.07, 6.45) is 0. The predicted molar refractivity (Wildman–Crippen MR) is 81.9 cm³/mol. The zero-order valence-corrected chi connectivity index (χ0v) is 13.0. The van der Waals surface area contributed by atoms with E-state index in [1.165, 1.54) is 4.68 Å². The molecule has 2 aromatic heterocycles. The summed E-state index contributed by atoms with van der Waals surface area (Å²) in [6, 6.07) is 7.77. The van der Waals surface area contributed by atoms with E-state index in [0.29, 0.717) is 23.1 Å². The maximum Gasteiger partial charge on any atom is 0.312 e.